The summed E-state index contributed by atoms with van der Waals surface area (Å²) in [7, 11) is 0. The highest BCUT2D eigenvalue weighted by atomic mass is 35.5. The third-order valence-corrected chi connectivity index (χ3v) is 4.90. The Hall–Kier alpha value is -3.09. The molecule has 0 saturated carbocycles. The fourth-order valence-corrected chi connectivity index (χ4v) is 3.43. The second-order valence-corrected chi connectivity index (χ2v) is 6.80. The highest BCUT2D eigenvalue weighted by Crippen LogP contribution is 2.27. The van der Waals surface area contributed by atoms with E-state index in [0.717, 1.165) is 10.4 Å². The summed E-state index contributed by atoms with van der Waals surface area (Å²) in [5.41, 5.74) is 2.55. The van der Waals surface area contributed by atoms with Crippen molar-refractivity contribution in [2.45, 2.75) is 0 Å². The van der Waals surface area contributed by atoms with Crippen LogP contribution >= 0.6 is 11.6 Å². The molecular formula is C26H19Cl. The maximum absolute atomic E-state index is 6.16. The minimum Gasteiger partial charge on any atom is -0.0837 e. The van der Waals surface area contributed by atoms with E-state index in [4.69, 9.17) is 11.6 Å². The van der Waals surface area contributed by atoms with Crippen LogP contribution in [0.3, 0.4) is 0 Å². The quantitative estimate of drug-likeness (QED) is 0.263. The van der Waals surface area contributed by atoms with E-state index >= 15 is 0 Å². The predicted octanol–water partition coefficient (Wildman–Crippen LogP) is 8.00. The summed E-state index contributed by atoms with van der Waals surface area (Å²) in [6.45, 7) is 0. The van der Waals surface area contributed by atoms with Gasteiger partial charge in [0.05, 0.1) is 0 Å². The van der Waals surface area contributed by atoms with Crippen LogP contribution in [0.1, 0.15) is 0 Å². The minimum atomic E-state index is 0.818. The molecule has 5 aromatic rings. The molecule has 27 heavy (non-hydrogen) atoms. The van der Waals surface area contributed by atoms with Crippen LogP contribution in [0.4, 0.5) is 0 Å². The Labute approximate surface area is 164 Å². The maximum atomic E-state index is 6.16. The monoisotopic (exact) mass is 366 g/mol. The molecule has 0 radical (unpaired) electrons. The number of fused-ring (bicyclic) bond motifs is 2. The molecule has 0 nitrogen and oxygen atoms in total. The molecule has 0 amide bonds. The van der Waals surface area contributed by atoms with E-state index in [1.807, 2.05) is 30.3 Å². The van der Waals surface area contributed by atoms with Crippen molar-refractivity contribution in [3.05, 3.63) is 120 Å². The van der Waals surface area contributed by atoms with E-state index in [1.54, 1.807) is 0 Å². The van der Waals surface area contributed by atoms with Crippen molar-refractivity contribution in [1.29, 1.82) is 0 Å². The molecule has 0 spiro atoms. The van der Waals surface area contributed by atoms with E-state index in [9.17, 15) is 0 Å². The molecule has 0 aliphatic heterocycles. The van der Waals surface area contributed by atoms with E-state index < -0.39 is 0 Å². The highest BCUT2D eigenvalue weighted by molar-refractivity contribution is 6.35. The molecule has 0 saturated heterocycles. The molecule has 0 N–H and O–H groups in total. The molecule has 1 heteroatoms. The average Bonchev–Trinajstić information content (AvgIpc) is 2.75. The molecule has 0 unspecified atom stereocenters. The van der Waals surface area contributed by atoms with E-state index in [-0.39, 0.29) is 0 Å². The van der Waals surface area contributed by atoms with Crippen molar-refractivity contribution in [2.24, 2.45) is 0 Å². The first-order valence-corrected chi connectivity index (χ1v) is 9.36. The van der Waals surface area contributed by atoms with Crippen molar-refractivity contribution >= 4 is 33.1 Å². The molecule has 0 heterocycles. The molecule has 0 aliphatic rings. The van der Waals surface area contributed by atoms with Crippen LogP contribution in [-0.4, -0.2) is 0 Å². The fraction of sp³-hybridized carbons (Fsp3) is 0. The van der Waals surface area contributed by atoms with Gasteiger partial charge in [0.15, 0.2) is 0 Å². The van der Waals surface area contributed by atoms with Crippen LogP contribution in [0.15, 0.2) is 115 Å². The lowest BCUT2D eigenvalue weighted by molar-refractivity contribution is 1.62. The number of rotatable bonds is 1. The van der Waals surface area contributed by atoms with Crippen molar-refractivity contribution in [1.82, 2.24) is 0 Å². The van der Waals surface area contributed by atoms with Gasteiger partial charge in [0, 0.05) is 10.4 Å². The van der Waals surface area contributed by atoms with Gasteiger partial charge in [0.2, 0.25) is 0 Å². The fourth-order valence-electron chi connectivity index (χ4n) is 3.19. The molecule has 0 bridgehead atoms. The Balaban J connectivity index is 0.000000137. The Morgan fingerprint density at radius 1 is 0.407 bits per heavy atom. The lowest BCUT2D eigenvalue weighted by Gasteiger charge is -2.03. The Morgan fingerprint density at radius 2 is 0.889 bits per heavy atom. The predicted molar refractivity (Wildman–Crippen MR) is 118 cm³/mol. The van der Waals surface area contributed by atoms with Crippen molar-refractivity contribution in [3.8, 4) is 11.1 Å². The van der Waals surface area contributed by atoms with Gasteiger partial charge in [0.1, 0.15) is 0 Å². The number of hydrogen-bond donors (Lipinski definition) is 0. The Bertz CT molecular complexity index is 1120. The van der Waals surface area contributed by atoms with Gasteiger partial charge < -0.3 is 0 Å². The SMILES string of the molecule is Clc1cccc2cc3ccccc3cc12.c1ccc(-c2ccccc2)cc1. The normalized spacial score (nSPS) is 10.4. The average molecular weight is 367 g/mol. The summed E-state index contributed by atoms with van der Waals surface area (Å²) in [4.78, 5) is 0. The summed E-state index contributed by atoms with van der Waals surface area (Å²) in [6, 6.07) is 39.4. The van der Waals surface area contributed by atoms with Gasteiger partial charge in [0.25, 0.3) is 0 Å². The summed E-state index contributed by atoms with van der Waals surface area (Å²) >= 11 is 6.16. The minimum absolute atomic E-state index is 0.818. The Morgan fingerprint density at radius 3 is 1.48 bits per heavy atom. The van der Waals surface area contributed by atoms with Crippen LogP contribution < -0.4 is 0 Å². The van der Waals surface area contributed by atoms with Crippen molar-refractivity contribution in [3.63, 3.8) is 0 Å². The van der Waals surface area contributed by atoms with Gasteiger partial charge in [-0.2, -0.15) is 0 Å². The molecular weight excluding hydrogens is 348 g/mol. The van der Waals surface area contributed by atoms with Gasteiger partial charge in [-0.05, 0) is 45.5 Å². The first-order chi connectivity index (χ1) is 13.3. The molecule has 0 aromatic heterocycles. The second-order valence-electron chi connectivity index (χ2n) is 6.39. The second kappa shape index (κ2) is 8.07. The van der Waals surface area contributed by atoms with Crippen molar-refractivity contribution < 1.29 is 0 Å². The molecule has 5 rings (SSSR count). The lowest BCUT2D eigenvalue weighted by Crippen LogP contribution is -1.76. The van der Waals surface area contributed by atoms with Crippen LogP contribution in [0.2, 0.25) is 5.02 Å². The largest absolute Gasteiger partial charge is 0.0837 e. The molecule has 0 aliphatic carbocycles. The number of hydrogen-bond acceptors (Lipinski definition) is 0. The van der Waals surface area contributed by atoms with E-state index in [1.165, 1.54) is 27.3 Å². The van der Waals surface area contributed by atoms with Gasteiger partial charge in [-0.15, -0.1) is 0 Å². The number of halogens is 1. The zero-order chi connectivity index (χ0) is 18.5. The lowest BCUT2D eigenvalue weighted by atomic mass is 10.0. The first kappa shape index (κ1) is 17.3. The third kappa shape index (κ3) is 4.02. The van der Waals surface area contributed by atoms with Crippen LogP contribution in [0, 0.1) is 0 Å². The molecule has 5 aromatic carbocycles. The summed E-state index contributed by atoms with van der Waals surface area (Å²) in [5.74, 6) is 0. The summed E-state index contributed by atoms with van der Waals surface area (Å²) in [6.07, 6.45) is 0. The van der Waals surface area contributed by atoms with Crippen LogP contribution in [-0.2, 0) is 0 Å². The maximum Gasteiger partial charge on any atom is 0.0484 e. The van der Waals surface area contributed by atoms with Crippen LogP contribution in [0.25, 0.3) is 32.7 Å². The van der Waals surface area contributed by atoms with Crippen molar-refractivity contribution in [2.75, 3.05) is 0 Å². The zero-order valence-electron chi connectivity index (χ0n) is 14.8. The Kier molecular flexibility index (Phi) is 5.18. The first-order valence-electron chi connectivity index (χ1n) is 8.99. The molecule has 0 atom stereocenters. The van der Waals surface area contributed by atoms with Gasteiger partial charge >= 0.3 is 0 Å². The smallest absolute Gasteiger partial charge is 0.0484 e. The highest BCUT2D eigenvalue weighted by Gasteiger charge is 2.00. The third-order valence-electron chi connectivity index (χ3n) is 4.57. The number of benzene rings is 5. The van der Waals surface area contributed by atoms with Crippen LogP contribution in [0.5, 0.6) is 0 Å². The van der Waals surface area contributed by atoms with Gasteiger partial charge in [-0.25, -0.2) is 0 Å². The van der Waals surface area contributed by atoms with Gasteiger partial charge in [-0.3, -0.25) is 0 Å². The summed E-state index contributed by atoms with van der Waals surface area (Å²) < 4.78 is 0. The topological polar surface area (TPSA) is 0 Å². The molecule has 0 fully saturated rings. The van der Waals surface area contributed by atoms with Gasteiger partial charge in [-0.1, -0.05) is 109 Å². The standard InChI is InChI=1S/C14H9Cl.C12H10/c15-14-7-3-6-12-8-10-4-1-2-5-11(10)9-13(12)14;1-3-7-11(8-4-1)12-9-5-2-6-10-12/h1-9H;1-10H. The van der Waals surface area contributed by atoms with E-state index in [0.29, 0.717) is 0 Å². The zero-order valence-corrected chi connectivity index (χ0v) is 15.6. The molecule has 130 valence electrons. The summed E-state index contributed by atoms with van der Waals surface area (Å²) in [5, 5.41) is 5.63. The van der Waals surface area contributed by atoms with E-state index in [2.05, 4.69) is 84.9 Å².